The maximum atomic E-state index is 6.11. The highest BCUT2D eigenvalue weighted by molar-refractivity contribution is 5.23. The molecule has 1 aromatic carbocycles. The van der Waals surface area contributed by atoms with Gasteiger partial charge in [0.1, 0.15) is 12.1 Å². The molecule has 2 unspecified atom stereocenters. The van der Waals surface area contributed by atoms with Crippen LogP contribution in [0.5, 0.6) is 0 Å². The van der Waals surface area contributed by atoms with E-state index in [1.807, 2.05) is 30.3 Å². The third-order valence-corrected chi connectivity index (χ3v) is 3.01. The minimum atomic E-state index is -0.401. The van der Waals surface area contributed by atoms with E-state index in [-0.39, 0.29) is 6.10 Å². The molecule has 19 heavy (non-hydrogen) atoms. The predicted octanol–water partition coefficient (Wildman–Crippen LogP) is 2.61. The second-order valence-corrected chi connectivity index (χ2v) is 4.39. The quantitative estimate of drug-likeness (QED) is 0.865. The first kappa shape index (κ1) is 13.7. The Labute approximate surface area is 112 Å². The van der Waals surface area contributed by atoms with Gasteiger partial charge in [0.2, 0.25) is 11.7 Å². The molecule has 0 bridgehead atoms. The van der Waals surface area contributed by atoms with Crippen LogP contribution in [0.4, 0.5) is 0 Å². The first-order valence-electron chi connectivity index (χ1n) is 6.43. The number of benzene rings is 1. The van der Waals surface area contributed by atoms with Crippen molar-refractivity contribution >= 4 is 0 Å². The van der Waals surface area contributed by atoms with Gasteiger partial charge in [0.25, 0.3) is 0 Å². The van der Waals surface area contributed by atoms with Gasteiger partial charge in [-0.25, -0.2) is 0 Å². The van der Waals surface area contributed by atoms with E-state index in [9.17, 15) is 0 Å². The average molecular weight is 261 g/mol. The van der Waals surface area contributed by atoms with Crippen molar-refractivity contribution in [3.05, 3.63) is 47.6 Å². The molecule has 0 radical (unpaired) electrons. The first-order chi connectivity index (χ1) is 9.26. The van der Waals surface area contributed by atoms with Crippen molar-refractivity contribution in [1.82, 2.24) is 10.1 Å². The van der Waals surface area contributed by atoms with Gasteiger partial charge in [0.15, 0.2) is 0 Å². The standard InChI is InChI=1S/C14H19N3O2/c1-3-7-11(18-2)13-16-14(19-17-13)12(15)10-8-5-4-6-9-10/h4-6,8-9,11-12H,3,7,15H2,1-2H3. The average Bonchev–Trinajstić information content (AvgIpc) is 2.94. The summed E-state index contributed by atoms with van der Waals surface area (Å²) in [4.78, 5) is 4.35. The third-order valence-electron chi connectivity index (χ3n) is 3.01. The zero-order valence-electron chi connectivity index (χ0n) is 11.2. The minimum absolute atomic E-state index is 0.134. The van der Waals surface area contributed by atoms with Gasteiger partial charge in [-0.3, -0.25) is 0 Å². The molecule has 1 heterocycles. The summed E-state index contributed by atoms with van der Waals surface area (Å²) in [6.07, 6.45) is 1.72. The fourth-order valence-corrected chi connectivity index (χ4v) is 1.92. The molecule has 5 nitrogen and oxygen atoms in total. The molecule has 0 amide bonds. The lowest BCUT2D eigenvalue weighted by Gasteiger charge is -2.09. The summed E-state index contributed by atoms with van der Waals surface area (Å²) >= 11 is 0. The summed E-state index contributed by atoms with van der Waals surface area (Å²) in [5.41, 5.74) is 7.05. The van der Waals surface area contributed by atoms with Crippen LogP contribution in [-0.4, -0.2) is 17.3 Å². The largest absolute Gasteiger partial charge is 0.373 e. The molecule has 1 aromatic heterocycles. The molecule has 0 aliphatic rings. The van der Waals surface area contributed by atoms with Crippen LogP contribution in [0.1, 0.15) is 49.2 Å². The van der Waals surface area contributed by atoms with E-state index in [1.165, 1.54) is 0 Å². The van der Waals surface area contributed by atoms with Crippen LogP contribution in [0.15, 0.2) is 34.9 Å². The zero-order chi connectivity index (χ0) is 13.7. The SMILES string of the molecule is CCCC(OC)c1noc(C(N)c2ccccc2)n1. The van der Waals surface area contributed by atoms with Crippen LogP contribution in [-0.2, 0) is 4.74 Å². The molecule has 0 aliphatic heterocycles. The maximum absolute atomic E-state index is 6.11. The van der Waals surface area contributed by atoms with Crippen molar-refractivity contribution in [3.8, 4) is 0 Å². The van der Waals surface area contributed by atoms with Crippen LogP contribution in [0.25, 0.3) is 0 Å². The Bertz CT molecular complexity index is 498. The molecule has 102 valence electrons. The topological polar surface area (TPSA) is 74.2 Å². The van der Waals surface area contributed by atoms with Crippen molar-refractivity contribution in [3.63, 3.8) is 0 Å². The smallest absolute Gasteiger partial charge is 0.248 e. The van der Waals surface area contributed by atoms with Gasteiger partial charge in [-0.15, -0.1) is 0 Å². The summed E-state index contributed by atoms with van der Waals surface area (Å²) in [6.45, 7) is 2.09. The number of aromatic nitrogens is 2. The predicted molar refractivity (Wildman–Crippen MR) is 71.4 cm³/mol. The molecular formula is C14H19N3O2. The summed E-state index contributed by atoms with van der Waals surface area (Å²) in [6, 6.07) is 9.28. The van der Waals surface area contributed by atoms with Gasteiger partial charge in [-0.05, 0) is 12.0 Å². The van der Waals surface area contributed by atoms with Gasteiger partial charge in [-0.1, -0.05) is 48.8 Å². The molecule has 2 atom stereocenters. The molecule has 0 aliphatic carbocycles. The Kier molecular flexibility index (Phi) is 4.65. The highest BCUT2D eigenvalue weighted by Gasteiger charge is 2.21. The Morgan fingerprint density at radius 2 is 2.05 bits per heavy atom. The monoisotopic (exact) mass is 261 g/mol. The molecule has 0 spiro atoms. The number of methoxy groups -OCH3 is 1. The summed E-state index contributed by atoms with van der Waals surface area (Å²) in [5.74, 6) is 0.977. The van der Waals surface area contributed by atoms with Crippen LogP contribution in [0, 0.1) is 0 Å². The second kappa shape index (κ2) is 6.45. The van der Waals surface area contributed by atoms with E-state index < -0.39 is 6.04 Å². The third kappa shape index (κ3) is 3.19. The van der Waals surface area contributed by atoms with Gasteiger partial charge < -0.3 is 15.0 Å². The van der Waals surface area contributed by atoms with Gasteiger partial charge >= 0.3 is 0 Å². The van der Waals surface area contributed by atoms with E-state index in [2.05, 4.69) is 17.1 Å². The zero-order valence-corrected chi connectivity index (χ0v) is 11.2. The van der Waals surface area contributed by atoms with Crippen LogP contribution in [0.2, 0.25) is 0 Å². The van der Waals surface area contributed by atoms with Gasteiger partial charge in [0.05, 0.1) is 0 Å². The Morgan fingerprint density at radius 3 is 2.68 bits per heavy atom. The van der Waals surface area contributed by atoms with E-state index >= 15 is 0 Å². The van der Waals surface area contributed by atoms with Crippen LogP contribution in [0.3, 0.4) is 0 Å². The number of hydrogen-bond acceptors (Lipinski definition) is 5. The molecular weight excluding hydrogens is 242 g/mol. The van der Waals surface area contributed by atoms with Crippen molar-refractivity contribution in [2.45, 2.75) is 31.9 Å². The maximum Gasteiger partial charge on any atom is 0.248 e. The molecule has 2 aromatic rings. The molecule has 2 N–H and O–H groups in total. The minimum Gasteiger partial charge on any atom is -0.373 e. The van der Waals surface area contributed by atoms with Gasteiger partial charge in [-0.2, -0.15) is 4.98 Å². The second-order valence-electron chi connectivity index (χ2n) is 4.39. The number of rotatable bonds is 6. The summed E-state index contributed by atoms with van der Waals surface area (Å²) < 4.78 is 10.6. The number of ether oxygens (including phenoxy) is 1. The van der Waals surface area contributed by atoms with Crippen molar-refractivity contribution < 1.29 is 9.26 Å². The fraction of sp³-hybridized carbons (Fsp3) is 0.429. The Balaban J connectivity index is 2.16. The van der Waals surface area contributed by atoms with Crippen molar-refractivity contribution in [2.24, 2.45) is 5.73 Å². The fourth-order valence-electron chi connectivity index (χ4n) is 1.92. The summed E-state index contributed by atoms with van der Waals surface area (Å²) in [7, 11) is 1.65. The first-order valence-corrected chi connectivity index (χ1v) is 6.43. The lowest BCUT2D eigenvalue weighted by atomic mass is 10.1. The van der Waals surface area contributed by atoms with Crippen molar-refractivity contribution in [1.29, 1.82) is 0 Å². The van der Waals surface area contributed by atoms with E-state index in [0.717, 1.165) is 18.4 Å². The molecule has 2 rings (SSSR count). The van der Waals surface area contributed by atoms with Crippen molar-refractivity contribution in [2.75, 3.05) is 7.11 Å². The van der Waals surface area contributed by atoms with E-state index in [1.54, 1.807) is 7.11 Å². The van der Waals surface area contributed by atoms with Gasteiger partial charge in [0, 0.05) is 7.11 Å². The lowest BCUT2D eigenvalue weighted by molar-refractivity contribution is 0.0854. The number of nitrogens with zero attached hydrogens (tertiary/aromatic N) is 2. The van der Waals surface area contributed by atoms with Crippen LogP contribution < -0.4 is 5.73 Å². The Hall–Kier alpha value is -1.72. The van der Waals surface area contributed by atoms with E-state index in [0.29, 0.717) is 11.7 Å². The molecule has 0 saturated carbocycles. The van der Waals surface area contributed by atoms with E-state index in [4.69, 9.17) is 15.0 Å². The highest BCUT2D eigenvalue weighted by atomic mass is 16.5. The number of nitrogens with two attached hydrogens (primary N) is 1. The molecule has 5 heteroatoms. The number of hydrogen-bond donors (Lipinski definition) is 1. The molecule has 0 fully saturated rings. The Morgan fingerprint density at radius 1 is 1.32 bits per heavy atom. The lowest BCUT2D eigenvalue weighted by Crippen LogP contribution is -2.12. The normalized spacial score (nSPS) is 14.3. The van der Waals surface area contributed by atoms with Crippen LogP contribution >= 0.6 is 0 Å². The summed E-state index contributed by atoms with van der Waals surface area (Å²) in [5, 5.41) is 3.96. The molecule has 0 saturated heterocycles. The highest BCUT2D eigenvalue weighted by Crippen LogP contribution is 2.22.